The molecule has 0 aliphatic rings. The molecule has 1 atom stereocenters. The van der Waals surface area contributed by atoms with Crippen molar-refractivity contribution in [3.63, 3.8) is 0 Å². The average Bonchev–Trinajstić information content (AvgIpc) is 2.89. The van der Waals surface area contributed by atoms with Crippen LogP contribution in [0.4, 0.5) is 0 Å². The van der Waals surface area contributed by atoms with Crippen LogP contribution in [-0.4, -0.2) is 5.11 Å². The van der Waals surface area contributed by atoms with E-state index in [9.17, 15) is 5.11 Å². The fraction of sp³-hybridized carbons (Fsp3) is 0.474. The molecule has 2 nitrogen and oxygen atoms in total. The molecule has 0 unspecified atom stereocenters. The average molecular weight is 317 g/mol. The Labute approximate surface area is 138 Å². The molecule has 0 bridgehead atoms. The summed E-state index contributed by atoms with van der Waals surface area (Å²) < 4.78 is 0. The molecule has 0 saturated carbocycles. The van der Waals surface area contributed by atoms with E-state index in [1.54, 1.807) is 11.3 Å². The van der Waals surface area contributed by atoms with Crippen molar-refractivity contribution in [1.29, 1.82) is 0 Å². The summed E-state index contributed by atoms with van der Waals surface area (Å²) in [5.41, 5.74) is 10.3. The van der Waals surface area contributed by atoms with Crippen LogP contribution in [0, 0.1) is 0 Å². The molecular weight excluding hydrogens is 290 g/mol. The molecule has 22 heavy (non-hydrogen) atoms. The molecule has 2 rings (SSSR count). The third-order valence-electron chi connectivity index (χ3n) is 4.05. The van der Waals surface area contributed by atoms with Crippen LogP contribution in [0.25, 0.3) is 0 Å². The fourth-order valence-electron chi connectivity index (χ4n) is 2.53. The van der Waals surface area contributed by atoms with Crippen LogP contribution in [0.3, 0.4) is 0 Å². The standard InChI is InChI=1S/C19H27NOS/c1-18(2,3)13-9-14(16(20)12-7-8-22-11-12)17(21)15(10-13)19(4,5)6/h7-11,16,21H,20H2,1-6H3/t16-/m0/s1. The van der Waals surface area contributed by atoms with E-state index in [-0.39, 0.29) is 16.9 Å². The maximum absolute atomic E-state index is 10.8. The predicted octanol–water partition coefficient (Wildman–Crippen LogP) is 5.10. The van der Waals surface area contributed by atoms with Gasteiger partial charge in [0.05, 0.1) is 6.04 Å². The highest BCUT2D eigenvalue weighted by Gasteiger charge is 2.27. The first-order chi connectivity index (χ1) is 10.0. The highest BCUT2D eigenvalue weighted by atomic mass is 32.1. The van der Waals surface area contributed by atoms with Gasteiger partial charge in [0.2, 0.25) is 0 Å². The van der Waals surface area contributed by atoms with Gasteiger partial charge in [-0.05, 0) is 50.4 Å². The molecule has 3 heteroatoms. The zero-order valence-corrected chi connectivity index (χ0v) is 15.2. The second-order valence-electron chi connectivity index (χ2n) is 8.00. The summed E-state index contributed by atoms with van der Waals surface area (Å²) in [7, 11) is 0. The van der Waals surface area contributed by atoms with E-state index >= 15 is 0 Å². The summed E-state index contributed by atoms with van der Waals surface area (Å²) >= 11 is 1.63. The van der Waals surface area contributed by atoms with E-state index in [1.807, 2.05) is 16.8 Å². The lowest BCUT2D eigenvalue weighted by Gasteiger charge is -2.28. The van der Waals surface area contributed by atoms with Crippen molar-refractivity contribution in [2.75, 3.05) is 0 Å². The molecule has 3 N–H and O–H groups in total. The molecule has 0 amide bonds. The van der Waals surface area contributed by atoms with Gasteiger partial charge in [-0.2, -0.15) is 11.3 Å². The maximum Gasteiger partial charge on any atom is 0.124 e. The lowest BCUT2D eigenvalue weighted by Crippen LogP contribution is -2.20. The van der Waals surface area contributed by atoms with Gasteiger partial charge in [0, 0.05) is 5.56 Å². The van der Waals surface area contributed by atoms with Crippen LogP contribution in [0.5, 0.6) is 5.75 Å². The third-order valence-corrected chi connectivity index (χ3v) is 4.75. The van der Waals surface area contributed by atoms with E-state index in [1.165, 1.54) is 5.56 Å². The number of nitrogens with two attached hydrogens (primary N) is 1. The zero-order chi connectivity index (χ0) is 16.7. The third kappa shape index (κ3) is 3.36. The Bertz CT molecular complexity index is 645. The van der Waals surface area contributed by atoms with Gasteiger partial charge in [0.15, 0.2) is 0 Å². The predicted molar refractivity (Wildman–Crippen MR) is 95.9 cm³/mol. The lowest BCUT2D eigenvalue weighted by atomic mass is 9.78. The van der Waals surface area contributed by atoms with Crippen LogP contribution in [-0.2, 0) is 10.8 Å². The van der Waals surface area contributed by atoms with Crippen LogP contribution in [0.1, 0.15) is 69.8 Å². The Morgan fingerprint density at radius 2 is 1.68 bits per heavy atom. The summed E-state index contributed by atoms with van der Waals surface area (Å²) in [5.74, 6) is 0.333. The van der Waals surface area contributed by atoms with Crippen molar-refractivity contribution in [1.82, 2.24) is 0 Å². The zero-order valence-electron chi connectivity index (χ0n) is 14.4. The molecular formula is C19H27NOS. The Hall–Kier alpha value is -1.32. The van der Waals surface area contributed by atoms with Crippen LogP contribution in [0.2, 0.25) is 0 Å². The number of rotatable bonds is 2. The molecule has 1 aromatic heterocycles. The summed E-state index contributed by atoms with van der Waals surface area (Å²) in [4.78, 5) is 0. The largest absolute Gasteiger partial charge is 0.507 e. The van der Waals surface area contributed by atoms with Crippen molar-refractivity contribution in [3.8, 4) is 5.75 Å². The molecule has 0 radical (unpaired) electrons. The van der Waals surface area contributed by atoms with E-state index in [0.29, 0.717) is 5.75 Å². The van der Waals surface area contributed by atoms with Crippen LogP contribution in [0.15, 0.2) is 29.0 Å². The quantitative estimate of drug-likeness (QED) is 0.809. The molecule has 1 heterocycles. The number of aromatic hydroxyl groups is 1. The van der Waals surface area contributed by atoms with Gasteiger partial charge in [0.25, 0.3) is 0 Å². The van der Waals surface area contributed by atoms with Gasteiger partial charge in [-0.25, -0.2) is 0 Å². The molecule has 120 valence electrons. The van der Waals surface area contributed by atoms with E-state index in [4.69, 9.17) is 5.73 Å². The Morgan fingerprint density at radius 3 is 2.14 bits per heavy atom. The summed E-state index contributed by atoms with van der Waals surface area (Å²) in [5, 5.41) is 14.9. The molecule has 0 fully saturated rings. The number of hydrogen-bond acceptors (Lipinski definition) is 3. The first kappa shape index (κ1) is 17.0. The Morgan fingerprint density at radius 1 is 1.05 bits per heavy atom. The van der Waals surface area contributed by atoms with Crippen molar-refractivity contribution >= 4 is 11.3 Å². The Kier molecular flexibility index (Phi) is 4.42. The highest BCUT2D eigenvalue weighted by Crippen LogP contribution is 2.40. The van der Waals surface area contributed by atoms with Crippen molar-refractivity contribution in [2.24, 2.45) is 5.73 Å². The number of hydrogen-bond donors (Lipinski definition) is 2. The minimum atomic E-state index is -0.297. The van der Waals surface area contributed by atoms with Gasteiger partial charge in [-0.15, -0.1) is 0 Å². The molecule has 0 aliphatic carbocycles. The second-order valence-corrected chi connectivity index (χ2v) is 8.78. The first-order valence-electron chi connectivity index (χ1n) is 7.67. The summed E-state index contributed by atoms with van der Waals surface area (Å²) in [6.07, 6.45) is 0. The normalized spacial score (nSPS) is 14.1. The smallest absolute Gasteiger partial charge is 0.124 e. The van der Waals surface area contributed by atoms with Crippen molar-refractivity contribution < 1.29 is 5.11 Å². The minimum Gasteiger partial charge on any atom is -0.507 e. The molecule has 1 aromatic carbocycles. The van der Waals surface area contributed by atoms with Gasteiger partial charge < -0.3 is 10.8 Å². The van der Waals surface area contributed by atoms with Crippen molar-refractivity contribution in [3.05, 3.63) is 51.2 Å². The molecule has 0 saturated heterocycles. The highest BCUT2D eigenvalue weighted by molar-refractivity contribution is 7.08. The monoisotopic (exact) mass is 317 g/mol. The topological polar surface area (TPSA) is 46.2 Å². The SMILES string of the molecule is CC(C)(C)c1cc([C@@H](N)c2ccsc2)c(O)c(C(C)(C)C)c1. The van der Waals surface area contributed by atoms with Crippen LogP contribution < -0.4 is 5.73 Å². The molecule has 0 spiro atoms. The van der Waals surface area contributed by atoms with Crippen LogP contribution >= 0.6 is 11.3 Å². The Balaban J connectivity index is 2.67. The lowest BCUT2D eigenvalue weighted by molar-refractivity contribution is 0.435. The summed E-state index contributed by atoms with van der Waals surface area (Å²) in [6.45, 7) is 12.9. The number of phenolic OH excluding ortho intramolecular Hbond substituents is 1. The second kappa shape index (κ2) is 5.71. The number of phenols is 1. The summed E-state index contributed by atoms with van der Waals surface area (Å²) in [6, 6.07) is 5.91. The van der Waals surface area contributed by atoms with Gasteiger partial charge in [-0.1, -0.05) is 47.6 Å². The maximum atomic E-state index is 10.8. The fourth-order valence-corrected chi connectivity index (χ4v) is 3.23. The number of benzene rings is 1. The minimum absolute atomic E-state index is 0.0107. The van der Waals surface area contributed by atoms with Gasteiger partial charge in [0.1, 0.15) is 5.75 Å². The van der Waals surface area contributed by atoms with E-state index in [2.05, 4.69) is 53.7 Å². The first-order valence-corrected chi connectivity index (χ1v) is 8.61. The molecule has 2 aromatic rings. The van der Waals surface area contributed by atoms with E-state index in [0.717, 1.165) is 16.7 Å². The van der Waals surface area contributed by atoms with Gasteiger partial charge >= 0.3 is 0 Å². The van der Waals surface area contributed by atoms with Gasteiger partial charge in [-0.3, -0.25) is 0 Å². The van der Waals surface area contributed by atoms with Crippen molar-refractivity contribution in [2.45, 2.75) is 58.4 Å². The van der Waals surface area contributed by atoms with E-state index < -0.39 is 0 Å². The number of thiophene rings is 1. The molecule has 0 aliphatic heterocycles.